The van der Waals surface area contributed by atoms with E-state index >= 15 is 0 Å². The molecule has 3 heterocycles. The van der Waals surface area contributed by atoms with Crippen LogP contribution < -0.4 is 16.0 Å². The Bertz CT molecular complexity index is 511. The Labute approximate surface area is 159 Å². The van der Waals surface area contributed by atoms with Gasteiger partial charge in [-0.05, 0) is 25.7 Å². The van der Waals surface area contributed by atoms with Crippen molar-refractivity contribution in [3.63, 3.8) is 0 Å². The molecule has 3 rings (SSSR count). The van der Waals surface area contributed by atoms with E-state index < -0.39 is 0 Å². The number of halogens is 2. The van der Waals surface area contributed by atoms with Gasteiger partial charge >= 0.3 is 0 Å². The fourth-order valence-corrected chi connectivity index (χ4v) is 3.88. The highest BCUT2D eigenvalue weighted by Gasteiger charge is 2.29. The second-order valence-electron chi connectivity index (χ2n) is 5.92. The van der Waals surface area contributed by atoms with Crippen LogP contribution in [-0.4, -0.2) is 49.3 Å². The van der Waals surface area contributed by atoms with Crippen LogP contribution in [0.4, 0.5) is 5.13 Å². The molecule has 2 aliphatic rings. The number of hydrogen-bond acceptors (Lipinski definition) is 6. The van der Waals surface area contributed by atoms with E-state index in [1.165, 1.54) is 12.8 Å². The maximum atomic E-state index is 12.0. The third-order valence-electron chi connectivity index (χ3n) is 4.26. The Morgan fingerprint density at radius 2 is 2.12 bits per heavy atom. The zero-order chi connectivity index (χ0) is 15.4. The lowest BCUT2D eigenvalue weighted by Gasteiger charge is -2.13. The number of amides is 1. The van der Waals surface area contributed by atoms with Gasteiger partial charge in [0.15, 0.2) is 5.13 Å². The zero-order valence-electron chi connectivity index (χ0n) is 13.6. The van der Waals surface area contributed by atoms with E-state index in [-0.39, 0.29) is 42.9 Å². The van der Waals surface area contributed by atoms with Crippen molar-refractivity contribution in [2.45, 2.75) is 44.3 Å². The molecule has 0 unspecified atom stereocenters. The molecule has 0 saturated carbocycles. The predicted octanol–water partition coefficient (Wildman–Crippen LogP) is 1.75. The van der Waals surface area contributed by atoms with E-state index in [0.717, 1.165) is 43.2 Å². The molecule has 138 valence electrons. The highest BCUT2D eigenvalue weighted by Crippen LogP contribution is 2.24. The number of nitrogens with two attached hydrogens (primary N) is 1. The quantitative estimate of drug-likeness (QED) is 0.765. The normalized spacial score (nSPS) is 22.8. The number of aromatic nitrogens is 1. The smallest absolute Gasteiger partial charge is 0.249 e. The number of ether oxygens (including phenoxy) is 1. The largest absolute Gasteiger partial charge is 0.364 e. The minimum atomic E-state index is -0.329. The van der Waals surface area contributed by atoms with E-state index in [9.17, 15) is 4.79 Å². The average Bonchev–Trinajstić information content (AvgIpc) is 3.27. The molecule has 1 aromatic heterocycles. The van der Waals surface area contributed by atoms with Gasteiger partial charge in [0, 0.05) is 38.0 Å². The summed E-state index contributed by atoms with van der Waals surface area (Å²) in [4.78, 5) is 19.0. The van der Waals surface area contributed by atoms with Crippen LogP contribution >= 0.6 is 36.2 Å². The van der Waals surface area contributed by atoms with Gasteiger partial charge < -0.3 is 20.7 Å². The summed E-state index contributed by atoms with van der Waals surface area (Å²) in [6.45, 7) is 3.33. The van der Waals surface area contributed by atoms with Crippen molar-refractivity contribution in [2.75, 3.05) is 31.1 Å². The third kappa shape index (κ3) is 5.46. The summed E-state index contributed by atoms with van der Waals surface area (Å²) in [7, 11) is 0. The summed E-state index contributed by atoms with van der Waals surface area (Å²) >= 11 is 1.70. The van der Waals surface area contributed by atoms with Crippen molar-refractivity contribution < 1.29 is 9.53 Å². The van der Waals surface area contributed by atoms with Crippen molar-refractivity contribution in [1.82, 2.24) is 10.3 Å². The predicted molar refractivity (Wildman–Crippen MR) is 102 cm³/mol. The summed E-state index contributed by atoms with van der Waals surface area (Å²) in [6, 6.07) is 0. The molecule has 0 bridgehead atoms. The van der Waals surface area contributed by atoms with Gasteiger partial charge in [0.2, 0.25) is 5.91 Å². The summed E-state index contributed by atoms with van der Waals surface area (Å²) in [5, 5.41) is 6.15. The molecule has 2 aliphatic heterocycles. The van der Waals surface area contributed by atoms with Gasteiger partial charge in [-0.3, -0.25) is 4.79 Å². The number of anilines is 1. The molecule has 1 aromatic rings. The van der Waals surface area contributed by atoms with Gasteiger partial charge in [0.05, 0.1) is 11.8 Å². The molecular formula is C15H26Cl2N4O2S. The standard InChI is InChI=1S/C15H24N4O2S.2ClH/c16-9-12-3-4-13(21-12)14(20)17-6-5-11-10-22-15(18-11)19-7-1-2-8-19;;/h10,12-13H,1-9,16H2,(H,17,20);2*1H/t12-,13+;;/m1../s1. The maximum Gasteiger partial charge on any atom is 0.249 e. The van der Waals surface area contributed by atoms with E-state index in [1.807, 2.05) is 0 Å². The SMILES string of the molecule is Cl.Cl.NC[C@H]1CC[C@@H](C(=O)NCCc2csc(N3CCCC3)n2)O1. The first-order valence-corrected chi connectivity index (χ1v) is 8.97. The second kappa shape index (κ2) is 10.4. The highest BCUT2D eigenvalue weighted by molar-refractivity contribution is 7.13. The average molecular weight is 397 g/mol. The molecule has 0 spiro atoms. The lowest BCUT2D eigenvalue weighted by Crippen LogP contribution is -2.36. The summed E-state index contributed by atoms with van der Waals surface area (Å²) < 4.78 is 5.59. The minimum absolute atomic E-state index is 0. The molecule has 3 N–H and O–H groups in total. The lowest BCUT2D eigenvalue weighted by molar-refractivity contribution is -0.131. The van der Waals surface area contributed by atoms with Crippen molar-refractivity contribution in [1.29, 1.82) is 0 Å². The summed E-state index contributed by atoms with van der Waals surface area (Å²) in [5.74, 6) is -0.0223. The second-order valence-corrected chi connectivity index (χ2v) is 6.75. The molecule has 0 aromatic carbocycles. The number of carbonyl (C=O) groups excluding carboxylic acids is 1. The molecule has 9 heteroatoms. The van der Waals surface area contributed by atoms with Gasteiger partial charge in [-0.25, -0.2) is 4.98 Å². The molecule has 2 saturated heterocycles. The molecule has 2 fully saturated rings. The van der Waals surface area contributed by atoms with Crippen LogP contribution in [0.2, 0.25) is 0 Å². The van der Waals surface area contributed by atoms with Crippen LogP contribution in [0.5, 0.6) is 0 Å². The third-order valence-corrected chi connectivity index (χ3v) is 5.21. The molecule has 24 heavy (non-hydrogen) atoms. The summed E-state index contributed by atoms with van der Waals surface area (Å²) in [5.41, 5.74) is 6.61. The molecule has 0 aliphatic carbocycles. The van der Waals surface area contributed by atoms with Crippen LogP contribution in [0.3, 0.4) is 0 Å². The first kappa shape index (κ1) is 21.4. The number of nitrogens with one attached hydrogen (secondary N) is 1. The Morgan fingerprint density at radius 1 is 1.38 bits per heavy atom. The van der Waals surface area contributed by atoms with Crippen LogP contribution in [-0.2, 0) is 16.0 Å². The van der Waals surface area contributed by atoms with E-state index in [4.69, 9.17) is 10.5 Å². The molecule has 0 radical (unpaired) electrons. The van der Waals surface area contributed by atoms with Gasteiger partial charge in [0.25, 0.3) is 0 Å². The highest BCUT2D eigenvalue weighted by atomic mass is 35.5. The summed E-state index contributed by atoms with van der Waals surface area (Å²) in [6.07, 6.45) is 4.64. The van der Waals surface area contributed by atoms with Gasteiger partial charge in [-0.2, -0.15) is 0 Å². The van der Waals surface area contributed by atoms with Crippen LogP contribution in [0, 0.1) is 0 Å². The van der Waals surface area contributed by atoms with E-state index in [0.29, 0.717) is 13.1 Å². The number of thiazole rings is 1. The van der Waals surface area contributed by atoms with Crippen molar-refractivity contribution >= 4 is 47.2 Å². The van der Waals surface area contributed by atoms with Crippen LogP contribution in [0.1, 0.15) is 31.4 Å². The fourth-order valence-electron chi connectivity index (χ4n) is 2.96. The Hall–Kier alpha value is -0.600. The molecule has 1 amide bonds. The molecular weight excluding hydrogens is 371 g/mol. The number of hydrogen-bond donors (Lipinski definition) is 2. The van der Waals surface area contributed by atoms with E-state index in [2.05, 4.69) is 20.6 Å². The van der Waals surface area contributed by atoms with Gasteiger partial charge in [-0.15, -0.1) is 36.2 Å². The zero-order valence-corrected chi connectivity index (χ0v) is 16.1. The van der Waals surface area contributed by atoms with Crippen LogP contribution in [0.15, 0.2) is 5.38 Å². The van der Waals surface area contributed by atoms with Crippen molar-refractivity contribution in [2.24, 2.45) is 5.73 Å². The first-order chi connectivity index (χ1) is 10.8. The Kier molecular flexibility index (Phi) is 9.30. The number of carbonyl (C=O) groups is 1. The fraction of sp³-hybridized carbons (Fsp3) is 0.733. The Morgan fingerprint density at radius 3 is 2.79 bits per heavy atom. The van der Waals surface area contributed by atoms with E-state index in [1.54, 1.807) is 11.3 Å². The monoisotopic (exact) mass is 396 g/mol. The molecule has 2 atom stereocenters. The topological polar surface area (TPSA) is 80.5 Å². The number of rotatable bonds is 6. The lowest BCUT2D eigenvalue weighted by atomic mass is 10.2. The first-order valence-electron chi connectivity index (χ1n) is 8.09. The number of nitrogens with zero attached hydrogens (tertiary/aromatic N) is 2. The van der Waals surface area contributed by atoms with Gasteiger partial charge in [-0.1, -0.05) is 0 Å². The minimum Gasteiger partial charge on any atom is -0.364 e. The van der Waals surface area contributed by atoms with Crippen molar-refractivity contribution in [3.05, 3.63) is 11.1 Å². The van der Waals surface area contributed by atoms with Gasteiger partial charge in [0.1, 0.15) is 6.10 Å². The maximum absolute atomic E-state index is 12.0. The van der Waals surface area contributed by atoms with Crippen molar-refractivity contribution in [3.8, 4) is 0 Å². The Balaban J connectivity index is 0.00000144. The molecule has 6 nitrogen and oxygen atoms in total. The van der Waals surface area contributed by atoms with Crippen LogP contribution in [0.25, 0.3) is 0 Å².